The Morgan fingerprint density at radius 3 is 2.05 bits per heavy atom. The highest BCUT2D eigenvalue weighted by Crippen LogP contribution is 2.24. The van der Waals surface area contributed by atoms with Crippen molar-refractivity contribution < 1.29 is 9.53 Å². The molecule has 0 radical (unpaired) electrons. The molecule has 2 aromatic rings. The number of ether oxygens (including phenoxy) is 1. The number of amides is 1. The van der Waals surface area contributed by atoms with Crippen LogP contribution in [0.15, 0.2) is 48.5 Å². The largest absolute Gasteiger partial charge is 0.494 e. The summed E-state index contributed by atoms with van der Waals surface area (Å²) in [5.41, 5.74) is 3.40. The molecule has 0 heterocycles. The predicted molar refractivity (Wildman–Crippen MR) is 85.3 cm³/mol. The summed E-state index contributed by atoms with van der Waals surface area (Å²) in [7, 11) is 0. The minimum atomic E-state index is -0.0157. The van der Waals surface area contributed by atoms with Gasteiger partial charge in [0.05, 0.1) is 12.6 Å². The Labute approximate surface area is 126 Å². The van der Waals surface area contributed by atoms with E-state index in [0.717, 1.165) is 22.4 Å². The molecule has 3 heteroatoms. The highest BCUT2D eigenvalue weighted by Gasteiger charge is 2.06. The summed E-state index contributed by atoms with van der Waals surface area (Å²) in [6, 6.07) is 16.3. The molecule has 3 nitrogen and oxygen atoms in total. The van der Waals surface area contributed by atoms with Crippen molar-refractivity contribution >= 4 is 5.91 Å². The number of benzene rings is 2. The van der Waals surface area contributed by atoms with Gasteiger partial charge in [0.2, 0.25) is 5.91 Å². The van der Waals surface area contributed by atoms with E-state index < -0.39 is 0 Å². The number of hydrogen-bond acceptors (Lipinski definition) is 2. The molecule has 0 saturated heterocycles. The van der Waals surface area contributed by atoms with E-state index in [4.69, 9.17) is 4.74 Å². The van der Waals surface area contributed by atoms with Crippen molar-refractivity contribution in [3.63, 3.8) is 0 Å². The van der Waals surface area contributed by atoms with E-state index in [0.29, 0.717) is 6.61 Å². The molecule has 1 amide bonds. The third kappa shape index (κ3) is 4.09. The van der Waals surface area contributed by atoms with Crippen LogP contribution in [0.1, 0.15) is 32.4 Å². The molecule has 110 valence electrons. The fraction of sp³-hybridized carbons (Fsp3) is 0.278. The van der Waals surface area contributed by atoms with E-state index in [-0.39, 0.29) is 11.9 Å². The van der Waals surface area contributed by atoms with E-state index >= 15 is 0 Å². The lowest BCUT2D eigenvalue weighted by Crippen LogP contribution is -2.23. The Morgan fingerprint density at radius 1 is 1.05 bits per heavy atom. The molecular weight excluding hydrogens is 262 g/mol. The number of nitrogens with one attached hydrogen (secondary N) is 1. The van der Waals surface area contributed by atoms with Gasteiger partial charge in [0.1, 0.15) is 5.75 Å². The van der Waals surface area contributed by atoms with Crippen LogP contribution >= 0.6 is 0 Å². The van der Waals surface area contributed by atoms with Gasteiger partial charge in [0.25, 0.3) is 0 Å². The van der Waals surface area contributed by atoms with Gasteiger partial charge in [-0.3, -0.25) is 4.79 Å². The second-order valence-corrected chi connectivity index (χ2v) is 5.00. The first kappa shape index (κ1) is 15.1. The van der Waals surface area contributed by atoms with E-state index in [2.05, 4.69) is 29.6 Å². The maximum absolute atomic E-state index is 11.1. The van der Waals surface area contributed by atoms with Gasteiger partial charge < -0.3 is 10.1 Å². The van der Waals surface area contributed by atoms with Gasteiger partial charge in [0, 0.05) is 6.92 Å². The molecule has 0 fully saturated rings. The molecule has 0 bridgehead atoms. The van der Waals surface area contributed by atoms with Gasteiger partial charge in [-0.1, -0.05) is 36.4 Å². The van der Waals surface area contributed by atoms with Crippen molar-refractivity contribution in [2.75, 3.05) is 6.61 Å². The smallest absolute Gasteiger partial charge is 0.217 e. The molecule has 1 unspecified atom stereocenters. The normalized spacial score (nSPS) is 11.8. The van der Waals surface area contributed by atoms with Crippen LogP contribution in [0.3, 0.4) is 0 Å². The summed E-state index contributed by atoms with van der Waals surface area (Å²) >= 11 is 0. The second-order valence-electron chi connectivity index (χ2n) is 5.00. The molecule has 21 heavy (non-hydrogen) atoms. The average Bonchev–Trinajstić information content (AvgIpc) is 2.48. The number of carbonyl (C=O) groups is 1. The van der Waals surface area contributed by atoms with Crippen molar-refractivity contribution in [3.8, 4) is 16.9 Å². The van der Waals surface area contributed by atoms with Crippen molar-refractivity contribution in [2.45, 2.75) is 26.8 Å². The Hall–Kier alpha value is -2.29. The van der Waals surface area contributed by atoms with Gasteiger partial charge in [-0.25, -0.2) is 0 Å². The van der Waals surface area contributed by atoms with Crippen molar-refractivity contribution in [2.24, 2.45) is 0 Å². The van der Waals surface area contributed by atoms with Gasteiger partial charge in [0.15, 0.2) is 0 Å². The van der Waals surface area contributed by atoms with Crippen LogP contribution in [0.25, 0.3) is 11.1 Å². The van der Waals surface area contributed by atoms with Crippen LogP contribution in [-0.2, 0) is 4.79 Å². The standard InChI is InChI=1S/C18H21NO2/c1-4-21-18-11-9-17(10-12-18)16-7-5-15(6-8-16)13(2)19-14(3)20/h5-13H,4H2,1-3H3,(H,19,20). The zero-order valence-corrected chi connectivity index (χ0v) is 12.7. The highest BCUT2D eigenvalue weighted by molar-refractivity contribution is 5.73. The molecule has 0 aliphatic rings. The zero-order chi connectivity index (χ0) is 15.2. The Morgan fingerprint density at radius 2 is 1.57 bits per heavy atom. The summed E-state index contributed by atoms with van der Waals surface area (Å²) in [6.45, 7) is 6.16. The third-order valence-electron chi connectivity index (χ3n) is 3.33. The van der Waals surface area contributed by atoms with E-state index in [9.17, 15) is 4.79 Å². The Bertz CT molecular complexity index is 588. The summed E-state index contributed by atoms with van der Waals surface area (Å²) in [5, 5.41) is 2.88. The summed E-state index contributed by atoms with van der Waals surface area (Å²) in [6.07, 6.45) is 0. The predicted octanol–water partition coefficient (Wildman–Crippen LogP) is 3.95. The highest BCUT2D eigenvalue weighted by atomic mass is 16.5. The van der Waals surface area contributed by atoms with Crippen LogP contribution in [0.4, 0.5) is 0 Å². The van der Waals surface area contributed by atoms with Gasteiger partial charge >= 0.3 is 0 Å². The molecule has 0 aliphatic heterocycles. The topological polar surface area (TPSA) is 38.3 Å². The molecule has 0 spiro atoms. The monoisotopic (exact) mass is 283 g/mol. The summed E-state index contributed by atoms with van der Waals surface area (Å²) < 4.78 is 5.44. The van der Waals surface area contributed by atoms with E-state index in [1.165, 1.54) is 6.92 Å². The third-order valence-corrected chi connectivity index (χ3v) is 3.33. The summed E-state index contributed by atoms with van der Waals surface area (Å²) in [4.78, 5) is 11.1. The second kappa shape index (κ2) is 6.93. The number of rotatable bonds is 5. The molecule has 1 atom stereocenters. The fourth-order valence-corrected chi connectivity index (χ4v) is 2.26. The van der Waals surface area contributed by atoms with Crippen LogP contribution < -0.4 is 10.1 Å². The van der Waals surface area contributed by atoms with E-state index in [1.807, 2.05) is 38.1 Å². The lowest BCUT2D eigenvalue weighted by atomic mass is 10.0. The molecule has 2 rings (SSSR count). The van der Waals surface area contributed by atoms with Crippen LogP contribution in [0, 0.1) is 0 Å². The van der Waals surface area contributed by atoms with Gasteiger partial charge in [-0.15, -0.1) is 0 Å². The Balaban J connectivity index is 2.12. The van der Waals surface area contributed by atoms with Crippen LogP contribution in [0.5, 0.6) is 5.75 Å². The minimum absolute atomic E-state index is 0.0157. The fourth-order valence-electron chi connectivity index (χ4n) is 2.26. The lowest BCUT2D eigenvalue weighted by molar-refractivity contribution is -0.119. The maximum Gasteiger partial charge on any atom is 0.217 e. The zero-order valence-electron chi connectivity index (χ0n) is 12.7. The molecule has 0 aromatic heterocycles. The lowest BCUT2D eigenvalue weighted by Gasteiger charge is -2.13. The minimum Gasteiger partial charge on any atom is -0.494 e. The van der Waals surface area contributed by atoms with E-state index in [1.54, 1.807) is 0 Å². The van der Waals surface area contributed by atoms with Crippen LogP contribution in [-0.4, -0.2) is 12.5 Å². The van der Waals surface area contributed by atoms with Crippen molar-refractivity contribution in [1.82, 2.24) is 5.32 Å². The maximum atomic E-state index is 11.1. The van der Waals surface area contributed by atoms with Crippen molar-refractivity contribution in [1.29, 1.82) is 0 Å². The first-order chi connectivity index (χ1) is 10.1. The average molecular weight is 283 g/mol. The number of carbonyl (C=O) groups excluding carboxylic acids is 1. The molecule has 0 saturated carbocycles. The Kier molecular flexibility index (Phi) is 4.99. The molecule has 2 aromatic carbocycles. The van der Waals surface area contributed by atoms with Crippen LogP contribution in [0.2, 0.25) is 0 Å². The van der Waals surface area contributed by atoms with Crippen molar-refractivity contribution in [3.05, 3.63) is 54.1 Å². The summed E-state index contributed by atoms with van der Waals surface area (Å²) in [5.74, 6) is 0.871. The van der Waals surface area contributed by atoms with Gasteiger partial charge in [-0.2, -0.15) is 0 Å². The van der Waals surface area contributed by atoms with Gasteiger partial charge in [-0.05, 0) is 42.7 Å². The molecule has 0 aliphatic carbocycles. The number of hydrogen-bond donors (Lipinski definition) is 1. The molecule has 1 N–H and O–H groups in total. The SMILES string of the molecule is CCOc1ccc(-c2ccc(C(C)NC(C)=O)cc2)cc1. The molecular formula is C18H21NO2. The first-order valence-corrected chi connectivity index (χ1v) is 7.20. The first-order valence-electron chi connectivity index (χ1n) is 7.20. The quantitative estimate of drug-likeness (QED) is 0.902.